The van der Waals surface area contributed by atoms with Gasteiger partial charge in [0, 0.05) is 12.0 Å². The molecule has 4 heteroatoms. The first kappa shape index (κ1) is 9.35. The van der Waals surface area contributed by atoms with Crippen LogP contribution in [-0.4, -0.2) is 9.97 Å². The van der Waals surface area contributed by atoms with Gasteiger partial charge >= 0.3 is 51.4 Å². The molecule has 0 radical (unpaired) electrons. The van der Waals surface area contributed by atoms with Gasteiger partial charge in [-0.2, -0.15) is 0 Å². The fourth-order valence-electron chi connectivity index (χ4n) is 0.951. The summed E-state index contributed by atoms with van der Waals surface area (Å²) in [5.74, 6) is 0. The molecule has 2 aromatic heterocycles. The quantitative estimate of drug-likeness (QED) is 0.426. The summed E-state index contributed by atoms with van der Waals surface area (Å²) in [6.07, 6.45) is 3.27. The van der Waals surface area contributed by atoms with Crippen molar-refractivity contribution in [2.24, 2.45) is 0 Å². The summed E-state index contributed by atoms with van der Waals surface area (Å²) in [5, 5.41) is 1.04. The Kier molecular flexibility index (Phi) is 3.21. The molecule has 0 aliphatic rings. The molecular formula is C7H6KN3. The van der Waals surface area contributed by atoms with Gasteiger partial charge in [0.25, 0.3) is 0 Å². The molecule has 0 aliphatic carbocycles. The van der Waals surface area contributed by atoms with Crippen molar-refractivity contribution < 1.29 is 51.4 Å². The van der Waals surface area contributed by atoms with Crippen LogP contribution in [0.3, 0.4) is 0 Å². The molecule has 0 aromatic carbocycles. The summed E-state index contributed by atoms with van der Waals surface area (Å²) in [6, 6.07) is 1.92. The molecule has 2 aromatic rings. The van der Waals surface area contributed by atoms with E-state index in [1.165, 1.54) is 6.33 Å². The van der Waals surface area contributed by atoms with Gasteiger partial charge in [-0.1, -0.05) is 12.3 Å². The molecular weight excluding hydrogens is 165 g/mol. The fourth-order valence-corrected chi connectivity index (χ4v) is 0.951. The second kappa shape index (κ2) is 3.78. The summed E-state index contributed by atoms with van der Waals surface area (Å²) in [5.41, 5.74) is 1.77. The van der Waals surface area contributed by atoms with Crippen molar-refractivity contribution in [1.82, 2.24) is 15.0 Å². The number of fused-ring (bicyclic) bond motifs is 1. The second-order valence-electron chi connectivity index (χ2n) is 2.14. The Balaban J connectivity index is 0.000000605. The van der Waals surface area contributed by atoms with Crippen LogP contribution in [0.4, 0.5) is 0 Å². The second-order valence-corrected chi connectivity index (χ2v) is 2.14. The minimum Gasteiger partial charge on any atom is -0.442 e. The third kappa shape index (κ3) is 1.70. The summed E-state index contributed by atoms with van der Waals surface area (Å²) in [7, 11) is 0. The van der Waals surface area contributed by atoms with E-state index in [9.17, 15) is 0 Å². The largest absolute Gasteiger partial charge is 1.00 e. The van der Waals surface area contributed by atoms with Crippen LogP contribution < -0.4 is 56.4 Å². The molecule has 50 valence electrons. The van der Waals surface area contributed by atoms with Crippen LogP contribution in [-0.2, 0) is 0 Å². The van der Waals surface area contributed by atoms with Gasteiger partial charge in [-0.05, 0) is 18.0 Å². The van der Waals surface area contributed by atoms with E-state index in [1.807, 2.05) is 13.0 Å². The molecule has 0 saturated heterocycles. The van der Waals surface area contributed by atoms with Crippen molar-refractivity contribution in [3.63, 3.8) is 0 Å². The first-order chi connectivity index (χ1) is 4.88. The Hall–Kier alpha value is 0.256. The van der Waals surface area contributed by atoms with Crippen molar-refractivity contribution >= 4 is 11.0 Å². The van der Waals surface area contributed by atoms with E-state index in [4.69, 9.17) is 0 Å². The first-order valence-electron chi connectivity index (χ1n) is 3.07. The van der Waals surface area contributed by atoms with Gasteiger partial charge in [-0.3, -0.25) is 4.98 Å². The normalized spacial score (nSPS) is 9.55. The molecule has 0 atom stereocenters. The standard InChI is InChI=1S/C7H6N3.K/c1-5-6-2-3-8-7(6)10-4-9-5;/h2-4H,1H3;/q-1;+1. The van der Waals surface area contributed by atoms with Crippen LogP contribution in [0.1, 0.15) is 5.69 Å². The van der Waals surface area contributed by atoms with E-state index in [-0.39, 0.29) is 51.4 Å². The zero-order valence-corrected chi connectivity index (χ0v) is 9.70. The van der Waals surface area contributed by atoms with Crippen molar-refractivity contribution in [3.8, 4) is 0 Å². The van der Waals surface area contributed by atoms with E-state index < -0.39 is 0 Å². The van der Waals surface area contributed by atoms with Crippen LogP contribution in [0.15, 0.2) is 18.6 Å². The molecule has 2 rings (SSSR count). The Morgan fingerprint density at radius 1 is 1.36 bits per heavy atom. The van der Waals surface area contributed by atoms with Crippen LogP contribution >= 0.6 is 0 Å². The van der Waals surface area contributed by atoms with Crippen LogP contribution in [0.5, 0.6) is 0 Å². The number of aryl methyl sites for hydroxylation is 1. The summed E-state index contributed by atoms with van der Waals surface area (Å²) < 4.78 is 0. The summed E-state index contributed by atoms with van der Waals surface area (Å²) in [4.78, 5) is 12.0. The fraction of sp³-hybridized carbons (Fsp3) is 0.143. The smallest absolute Gasteiger partial charge is 0.442 e. The van der Waals surface area contributed by atoms with E-state index in [1.54, 1.807) is 6.20 Å². The average Bonchev–Trinajstić information content (AvgIpc) is 2.36. The number of hydrogen-bond donors (Lipinski definition) is 0. The molecule has 0 bridgehead atoms. The van der Waals surface area contributed by atoms with E-state index in [2.05, 4.69) is 15.0 Å². The molecule has 0 saturated carbocycles. The SMILES string of the molecule is Cc1ncnc2[n-]ccc12.[K+]. The molecule has 0 amide bonds. The number of aromatic nitrogens is 3. The van der Waals surface area contributed by atoms with Gasteiger partial charge < -0.3 is 9.97 Å². The molecule has 0 fully saturated rings. The third-order valence-corrected chi connectivity index (χ3v) is 1.50. The predicted molar refractivity (Wildman–Crippen MR) is 37.6 cm³/mol. The molecule has 0 unspecified atom stereocenters. The summed E-state index contributed by atoms with van der Waals surface area (Å²) in [6.45, 7) is 1.95. The maximum absolute atomic E-state index is 4.03. The monoisotopic (exact) mass is 171 g/mol. The van der Waals surface area contributed by atoms with Crippen molar-refractivity contribution in [2.45, 2.75) is 6.92 Å². The van der Waals surface area contributed by atoms with Crippen molar-refractivity contribution in [3.05, 3.63) is 24.3 Å². The predicted octanol–water partition coefficient (Wildman–Crippen LogP) is -2.10. The molecule has 3 nitrogen and oxygen atoms in total. The zero-order chi connectivity index (χ0) is 6.97. The Bertz CT molecular complexity index is 355. The van der Waals surface area contributed by atoms with Crippen molar-refractivity contribution in [2.75, 3.05) is 0 Å². The number of nitrogens with zero attached hydrogens (tertiary/aromatic N) is 3. The molecule has 0 N–H and O–H groups in total. The molecule has 0 aliphatic heterocycles. The third-order valence-electron chi connectivity index (χ3n) is 1.50. The van der Waals surface area contributed by atoms with Crippen LogP contribution in [0.2, 0.25) is 0 Å². The van der Waals surface area contributed by atoms with E-state index in [0.29, 0.717) is 0 Å². The van der Waals surface area contributed by atoms with Gasteiger partial charge in [0.2, 0.25) is 0 Å². The molecule has 11 heavy (non-hydrogen) atoms. The average molecular weight is 171 g/mol. The number of rotatable bonds is 0. The summed E-state index contributed by atoms with van der Waals surface area (Å²) >= 11 is 0. The van der Waals surface area contributed by atoms with Crippen LogP contribution in [0, 0.1) is 6.92 Å². The minimum atomic E-state index is 0. The van der Waals surface area contributed by atoms with Gasteiger partial charge in [-0.25, -0.2) is 0 Å². The van der Waals surface area contributed by atoms with Gasteiger partial charge in [0.1, 0.15) is 0 Å². The van der Waals surface area contributed by atoms with E-state index >= 15 is 0 Å². The Labute approximate surface area is 107 Å². The molecule has 2 heterocycles. The maximum Gasteiger partial charge on any atom is 1.00 e. The van der Waals surface area contributed by atoms with Crippen molar-refractivity contribution in [1.29, 1.82) is 0 Å². The maximum atomic E-state index is 4.03. The van der Waals surface area contributed by atoms with E-state index in [0.717, 1.165) is 16.7 Å². The molecule has 0 spiro atoms. The van der Waals surface area contributed by atoms with Gasteiger partial charge in [-0.15, -0.1) is 0 Å². The minimum absolute atomic E-state index is 0. The topological polar surface area (TPSA) is 39.9 Å². The first-order valence-corrected chi connectivity index (χ1v) is 3.07. The van der Waals surface area contributed by atoms with Gasteiger partial charge in [0.05, 0.1) is 0 Å². The van der Waals surface area contributed by atoms with Crippen LogP contribution in [0.25, 0.3) is 11.0 Å². The zero-order valence-electron chi connectivity index (χ0n) is 6.57. The Morgan fingerprint density at radius 3 is 2.91 bits per heavy atom. The van der Waals surface area contributed by atoms with Gasteiger partial charge in [0.15, 0.2) is 0 Å². The number of hydrogen-bond acceptors (Lipinski definition) is 2. The Morgan fingerprint density at radius 2 is 2.18 bits per heavy atom.